The summed E-state index contributed by atoms with van der Waals surface area (Å²) < 4.78 is 10.8. The Kier molecular flexibility index (Phi) is 5.58. The highest BCUT2D eigenvalue weighted by Gasteiger charge is 2.14. The predicted octanol–water partition coefficient (Wildman–Crippen LogP) is 3.12. The van der Waals surface area contributed by atoms with E-state index in [0.29, 0.717) is 23.9 Å². The first-order chi connectivity index (χ1) is 10.6. The van der Waals surface area contributed by atoms with Gasteiger partial charge in [0.25, 0.3) is 0 Å². The standard InChI is InChI=1S/C17H22N2O3/c1-4-5-10-18-16(20)11-15-12(2)22-17(19-15)13-6-8-14(21-3)9-7-13/h6-9H,4-5,10-11H2,1-3H3,(H,18,20). The van der Waals surface area contributed by atoms with Crippen molar-refractivity contribution in [3.63, 3.8) is 0 Å². The molecule has 0 fully saturated rings. The molecule has 1 heterocycles. The van der Waals surface area contributed by atoms with Crippen LogP contribution >= 0.6 is 0 Å². The maximum Gasteiger partial charge on any atom is 0.226 e. The smallest absolute Gasteiger partial charge is 0.226 e. The molecule has 0 aliphatic carbocycles. The van der Waals surface area contributed by atoms with Gasteiger partial charge in [0.05, 0.1) is 19.2 Å². The summed E-state index contributed by atoms with van der Waals surface area (Å²) in [5.41, 5.74) is 1.54. The van der Waals surface area contributed by atoms with Gasteiger partial charge in [-0.15, -0.1) is 0 Å². The number of aromatic nitrogens is 1. The van der Waals surface area contributed by atoms with Crippen molar-refractivity contribution < 1.29 is 13.9 Å². The summed E-state index contributed by atoms with van der Waals surface area (Å²) in [6.45, 7) is 4.63. The van der Waals surface area contributed by atoms with Crippen molar-refractivity contribution in [1.29, 1.82) is 0 Å². The predicted molar refractivity (Wildman–Crippen MR) is 84.8 cm³/mol. The Morgan fingerprint density at radius 3 is 2.68 bits per heavy atom. The van der Waals surface area contributed by atoms with E-state index in [1.165, 1.54) is 0 Å². The summed E-state index contributed by atoms with van der Waals surface area (Å²) in [7, 11) is 1.62. The summed E-state index contributed by atoms with van der Waals surface area (Å²) in [5, 5.41) is 2.89. The molecule has 0 spiro atoms. The average Bonchev–Trinajstić information content (AvgIpc) is 2.88. The Hall–Kier alpha value is -2.30. The Labute approximate surface area is 130 Å². The summed E-state index contributed by atoms with van der Waals surface area (Å²) in [4.78, 5) is 16.3. The lowest BCUT2D eigenvalue weighted by atomic mass is 10.2. The molecule has 1 aromatic heterocycles. The lowest BCUT2D eigenvalue weighted by Crippen LogP contribution is -2.26. The lowest BCUT2D eigenvalue weighted by Gasteiger charge is -2.02. The number of methoxy groups -OCH3 is 1. The number of benzene rings is 1. The Bertz CT molecular complexity index is 617. The van der Waals surface area contributed by atoms with Crippen LogP contribution in [0.3, 0.4) is 0 Å². The number of amides is 1. The molecule has 2 aromatic rings. The van der Waals surface area contributed by atoms with Crippen LogP contribution in [-0.4, -0.2) is 24.5 Å². The first-order valence-electron chi connectivity index (χ1n) is 7.51. The number of aryl methyl sites for hydroxylation is 1. The average molecular weight is 302 g/mol. The number of oxazole rings is 1. The van der Waals surface area contributed by atoms with Crippen molar-refractivity contribution >= 4 is 5.91 Å². The second-order valence-electron chi connectivity index (χ2n) is 5.13. The molecule has 118 valence electrons. The molecular weight excluding hydrogens is 280 g/mol. The fraction of sp³-hybridized carbons (Fsp3) is 0.412. The molecule has 0 bridgehead atoms. The quantitative estimate of drug-likeness (QED) is 0.798. The van der Waals surface area contributed by atoms with Crippen LogP contribution in [0.15, 0.2) is 28.7 Å². The third-order valence-corrected chi connectivity index (χ3v) is 3.41. The van der Waals surface area contributed by atoms with Crippen molar-refractivity contribution in [3.05, 3.63) is 35.7 Å². The normalized spacial score (nSPS) is 10.5. The van der Waals surface area contributed by atoms with E-state index in [9.17, 15) is 4.79 Å². The van der Waals surface area contributed by atoms with Crippen LogP contribution in [0, 0.1) is 6.92 Å². The Morgan fingerprint density at radius 1 is 1.32 bits per heavy atom. The van der Waals surface area contributed by atoms with Gasteiger partial charge in [0.2, 0.25) is 11.8 Å². The molecule has 0 unspecified atom stereocenters. The maximum absolute atomic E-state index is 11.9. The highest BCUT2D eigenvalue weighted by Crippen LogP contribution is 2.24. The third-order valence-electron chi connectivity index (χ3n) is 3.41. The van der Waals surface area contributed by atoms with Crippen LogP contribution in [0.25, 0.3) is 11.5 Å². The number of unbranched alkanes of at least 4 members (excludes halogenated alkanes) is 1. The second-order valence-corrected chi connectivity index (χ2v) is 5.13. The van der Waals surface area contributed by atoms with E-state index in [-0.39, 0.29) is 12.3 Å². The van der Waals surface area contributed by atoms with Gasteiger partial charge in [-0.1, -0.05) is 13.3 Å². The molecule has 5 heteroatoms. The fourth-order valence-electron chi connectivity index (χ4n) is 2.07. The number of nitrogens with one attached hydrogen (secondary N) is 1. The summed E-state index contributed by atoms with van der Waals surface area (Å²) in [6, 6.07) is 7.47. The topological polar surface area (TPSA) is 64.4 Å². The van der Waals surface area contributed by atoms with Crippen LogP contribution in [-0.2, 0) is 11.2 Å². The number of carbonyl (C=O) groups excluding carboxylic acids is 1. The summed E-state index contributed by atoms with van der Waals surface area (Å²) in [6.07, 6.45) is 2.29. The lowest BCUT2D eigenvalue weighted by molar-refractivity contribution is -0.120. The summed E-state index contributed by atoms with van der Waals surface area (Å²) >= 11 is 0. The molecule has 1 N–H and O–H groups in total. The monoisotopic (exact) mass is 302 g/mol. The fourth-order valence-corrected chi connectivity index (χ4v) is 2.07. The van der Waals surface area contributed by atoms with E-state index in [0.717, 1.165) is 24.2 Å². The molecular formula is C17H22N2O3. The maximum atomic E-state index is 11.9. The first kappa shape index (κ1) is 16.1. The van der Waals surface area contributed by atoms with Crippen LogP contribution < -0.4 is 10.1 Å². The van der Waals surface area contributed by atoms with Crippen LogP contribution in [0.5, 0.6) is 5.75 Å². The molecule has 0 radical (unpaired) electrons. The number of ether oxygens (including phenoxy) is 1. The highest BCUT2D eigenvalue weighted by atomic mass is 16.5. The van der Waals surface area contributed by atoms with Gasteiger partial charge in [-0.05, 0) is 37.6 Å². The van der Waals surface area contributed by atoms with Gasteiger partial charge in [-0.25, -0.2) is 4.98 Å². The minimum absolute atomic E-state index is 0.0221. The molecule has 0 aliphatic rings. The van der Waals surface area contributed by atoms with Crippen LogP contribution in [0.1, 0.15) is 31.2 Å². The van der Waals surface area contributed by atoms with Gasteiger partial charge in [-0.2, -0.15) is 0 Å². The molecule has 0 aliphatic heterocycles. The zero-order valence-corrected chi connectivity index (χ0v) is 13.3. The van der Waals surface area contributed by atoms with Crippen molar-refractivity contribution in [2.45, 2.75) is 33.1 Å². The Balaban J connectivity index is 2.05. The van der Waals surface area contributed by atoms with Gasteiger partial charge in [-0.3, -0.25) is 4.79 Å². The van der Waals surface area contributed by atoms with Crippen molar-refractivity contribution in [3.8, 4) is 17.2 Å². The van der Waals surface area contributed by atoms with E-state index in [4.69, 9.17) is 9.15 Å². The minimum Gasteiger partial charge on any atom is -0.497 e. The van der Waals surface area contributed by atoms with Gasteiger partial charge in [0, 0.05) is 12.1 Å². The molecule has 5 nitrogen and oxygen atoms in total. The van der Waals surface area contributed by atoms with E-state index in [1.807, 2.05) is 31.2 Å². The van der Waals surface area contributed by atoms with Crippen molar-refractivity contribution in [1.82, 2.24) is 10.3 Å². The first-order valence-corrected chi connectivity index (χ1v) is 7.51. The molecule has 1 amide bonds. The molecule has 0 atom stereocenters. The number of rotatable bonds is 7. The van der Waals surface area contributed by atoms with E-state index in [2.05, 4.69) is 17.2 Å². The second kappa shape index (κ2) is 7.64. The number of carbonyl (C=O) groups is 1. The highest BCUT2D eigenvalue weighted by molar-refractivity contribution is 5.78. The van der Waals surface area contributed by atoms with Crippen molar-refractivity contribution in [2.75, 3.05) is 13.7 Å². The van der Waals surface area contributed by atoms with Crippen molar-refractivity contribution in [2.24, 2.45) is 0 Å². The largest absolute Gasteiger partial charge is 0.497 e. The SMILES string of the molecule is CCCCNC(=O)Cc1nc(-c2ccc(OC)cc2)oc1C. The zero-order valence-electron chi connectivity index (χ0n) is 13.3. The molecule has 22 heavy (non-hydrogen) atoms. The number of hydrogen-bond acceptors (Lipinski definition) is 4. The van der Waals surface area contributed by atoms with E-state index < -0.39 is 0 Å². The zero-order chi connectivity index (χ0) is 15.9. The number of nitrogens with zero attached hydrogens (tertiary/aromatic N) is 1. The van der Waals surface area contributed by atoms with Gasteiger partial charge in [0.15, 0.2) is 0 Å². The van der Waals surface area contributed by atoms with Crippen LogP contribution in [0.4, 0.5) is 0 Å². The number of hydrogen-bond donors (Lipinski definition) is 1. The molecule has 1 aromatic carbocycles. The third kappa shape index (κ3) is 4.10. The van der Waals surface area contributed by atoms with E-state index in [1.54, 1.807) is 7.11 Å². The minimum atomic E-state index is -0.0221. The van der Waals surface area contributed by atoms with Gasteiger partial charge in [0.1, 0.15) is 11.5 Å². The molecule has 0 saturated heterocycles. The Morgan fingerprint density at radius 2 is 2.05 bits per heavy atom. The van der Waals surface area contributed by atoms with Gasteiger partial charge >= 0.3 is 0 Å². The molecule has 2 rings (SSSR count). The van der Waals surface area contributed by atoms with Gasteiger partial charge < -0.3 is 14.5 Å². The molecule has 0 saturated carbocycles. The summed E-state index contributed by atoms with van der Waals surface area (Å²) in [5.74, 6) is 1.96. The van der Waals surface area contributed by atoms with E-state index >= 15 is 0 Å². The van der Waals surface area contributed by atoms with Crippen LogP contribution in [0.2, 0.25) is 0 Å².